The summed E-state index contributed by atoms with van der Waals surface area (Å²) in [5.74, 6) is -1.71. The Morgan fingerprint density at radius 3 is 2.19 bits per heavy atom. The molecule has 0 aliphatic rings. The minimum Gasteiger partial charge on any atom is -0.481 e. The van der Waals surface area contributed by atoms with Crippen LogP contribution in [0.5, 0.6) is 0 Å². The van der Waals surface area contributed by atoms with Crippen LogP contribution in [0, 0.1) is 5.92 Å². The van der Waals surface area contributed by atoms with E-state index in [1.54, 1.807) is 0 Å². The van der Waals surface area contributed by atoms with E-state index in [4.69, 9.17) is 5.11 Å². The van der Waals surface area contributed by atoms with E-state index in [-0.39, 0.29) is 13.0 Å². The van der Waals surface area contributed by atoms with Crippen LogP contribution in [0.25, 0.3) is 0 Å². The Hall–Kier alpha value is -0.670. The van der Waals surface area contributed by atoms with Crippen molar-refractivity contribution < 1.29 is 26.7 Å². The zero-order valence-electron chi connectivity index (χ0n) is 9.00. The molecule has 0 heterocycles. The summed E-state index contributed by atoms with van der Waals surface area (Å²) in [7, 11) is -7.51. The van der Waals surface area contributed by atoms with Crippen molar-refractivity contribution in [1.29, 1.82) is 0 Å². The lowest BCUT2D eigenvalue weighted by Crippen LogP contribution is -2.31. The SMILES string of the molecule is CC(CCNS(=O)(=O)CS(C)(=O)=O)C(=O)O. The molecular weight excluding hydrogens is 258 g/mol. The smallest absolute Gasteiger partial charge is 0.306 e. The predicted octanol–water partition coefficient (Wildman–Crippen LogP) is -0.981. The second-order valence-corrected chi connectivity index (χ2v) is 7.89. The van der Waals surface area contributed by atoms with Crippen molar-refractivity contribution in [2.45, 2.75) is 13.3 Å². The zero-order valence-corrected chi connectivity index (χ0v) is 10.6. The van der Waals surface area contributed by atoms with Crippen LogP contribution in [-0.4, -0.2) is 45.8 Å². The molecule has 0 saturated carbocycles. The van der Waals surface area contributed by atoms with Crippen LogP contribution >= 0.6 is 0 Å². The van der Waals surface area contributed by atoms with E-state index in [0.29, 0.717) is 0 Å². The number of nitrogens with one attached hydrogen (secondary N) is 1. The fourth-order valence-corrected chi connectivity index (χ4v) is 3.89. The first-order valence-electron chi connectivity index (χ1n) is 4.41. The summed E-state index contributed by atoms with van der Waals surface area (Å²) in [5.41, 5.74) is 0. The average Bonchev–Trinajstić information content (AvgIpc) is 1.98. The van der Waals surface area contributed by atoms with Gasteiger partial charge in [0.25, 0.3) is 0 Å². The first-order chi connectivity index (χ1) is 7.03. The number of sulfone groups is 1. The highest BCUT2D eigenvalue weighted by molar-refractivity contribution is 8.06. The van der Waals surface area contributed by atoms with Crippen molar-refractivity contribution in [3.05, 3.63) is 0 Å². The van der Waals surface area contributed by atoms with Crippen molar-refractivity contribution in [2.75, 3.05) is 17.9 Å². The number of aliphatic carboxylic acids is 1. The molecule has 9 heteroatoms. The summed E-state index contributed by atoms with van der Waals surface area (Å²) in [6.45, 7) is 1.35. The van der Waals surface area contributed by atoms with Gasteiger partial charge in [0, 0.05) is 12.8 Å². The van der Waals surface area contributed by atoms with E-state index in [1.165, 1.54) is 6.92 Å². The van der Waals surface area contributed by atoms with Gasteiger partial charge < -0.3 is 5.11 Å². The quantitative estimate of drug-likeness (QED) is 0.615. The highest BCUT2D eigenvalue weighted by Gasteiger charge is 2.18. The molecule has 0 radical (unpaired) electrons. The molecule has 0 aliphatic carbocycles. The molecule has 1 atom stereocenters. The lowest BCUT2D eigenvalue weighted by atomic mass is 10.1. The summed E-state index contributed by atoms with van der Waals surface area (Å²) in [6, 6.07) is 0. The number of hydrogen-bond donors (Lipinski definition) is 2. The zero-order chi connectivity index (χ0) is 13.0. The lowest BCUT2D eigenvalue weighted by Gasteiger charge is -2.07. The van der Waals surface area contributed by atoms with Gasteiger partial charge in [-0.2, -0.15) is 0 Å². The Bertz CT molecular complexity index is 437. The molecule has 1 unspecified atom stereocenters. The third kappa shape index (κ3) is 7.60. The van der Waals surface area contributed by atoms with Gasteiger partial charge in [-0.25, -0.2) is 21.6 Å². The maximum atomic E-state index is 11.2. The third-order valence-electron chi connectivity index (χ3n) is 1.69. The highest BCUT2D eigenvalue weighted by atomic mass is 32.3. The van der Waals surface area contributed by atoms with Gasteiger partial charge in [0.1, 0.15) is 0 Å². The monoisotopic (exact) mass is 273 g/mol. The molecule has 0 amide bonds. The van der Waals surface area contributed by atoms with Gasteiger partial charge in [0.15, 0.2) is 14.9 Å². The largest absolute Gasteiger partial charge is 0.481 e. The van der Waals surface area contributed by atoms with Gasteiger partial charge in [-0.05, 0) is 6.42 Å². The molecule has 0 bridgehead atoms. The van der Waals surface area contributed by atoms with Crippen LogP contribution in [0.3, 0.4) is 0 Å². The normalized spacial score (nSPS) is 14.6. The second kappa shape index (κ2) is 5.60. The number of carbonyl (C=O) groups is 1. The van der Waals surface area contributed by atoms with Gasteiger partial charge >= 0.3 is 5.97 Å². The molecule has 0 aromatic heterocycles. The molecule has 16 heavy (non-hydrogen) atoms. The molecule has 0 aliphatic heterocycles. The first-order valence-corrected chi connectivity index (χ1v) is 8.12. The Morgan fingerprint density at radius 1 is 1.31 bits per heavy atom. The average molecular weight is 273 g/mol. The molecular formula is C7H15NO6S2. The fraction of sp³-hybridized carbons (Fsp3) is 0.857. The van der Waals surface area contributed by atoms with Gasteiger partial charge in [-0.1, -0.05) is 6.92 Å². The highest BCUT2D eigenvalue weighted by Crippen LogP contribution is 2.01. The minimum absolute atomic E-state index is 0.0919. The Kier molecular flexibility index (Phi) is 5.36. The van der Waals surface area contributed by atoms with Gasteiger partial charge in [-0.3, -0.25) is 4.79 Å². The van der Waals surface area contributed by atoms with Gasteiger partial charge in [0.05, 0.1) is 5.92 Å². The van der Waals surface area contributed by atoms with E-state index >= 15 is 0 Å². The van der Waals surface area contributed by atoms with E-state index in [9.17, 15) is 21.6 Å². The molecule has 96 valence electrons. The van der Waals surface area contributed by atoms with Crippen molar-refractivity contribution in [3.63, 3.8) is 0 Å². The Balaban J connectivity index is 4.17. The summed E-state index contributed by atoms with van der Waals surface area (Å²) >= 11 is 0. The van der Waals surface area contributed by atoms with Gasteiger partial charge in [-0.15, -0.1) is 0 Å². The minimum atomic E-state index is -3.89. The molecule has 0 fully saturated rings. The summed E-state index contributed by atoms with van der Waals surface area (Å²) < 4.78 is 45.8. The molecule has 0 rings (SSSR count). The molecule has 7 nitrogen and oxygen atoms in total. The van der Waals surface area contributed by atoms with Crippen molar-refractivity contribution in [3.8, 4) is 0 Å². The number of rotatable bonds is 7. The Morgan fingerprint density at radius 2 is 1.81 bits per heavy atom. The number of carboxylic acid groups (broad SMARTS) is 1. The van der Waals surface area contributed by atoms with Crippen LogP contribution in [0.1, 0.15) is 13.3 Å². The van der Waals surface area contributed by atoms with E-state index < -0.39 is 36.8 Å². The maximum Gasteiger partial charge on any atom is 0.306 e. The summed E-state index contributed by atoms with van der Waals surface area (Å²) in [5, 5.41) is 7.54. The molecule has 2 N–H and O–H groups in total. The molecule has 0 saturated heterocycles. The van der Waals surface area contributed by atoms with Crippen molar-refractivity contribution in [1.82, 2.24) is 4.72 Å². The molecule has 0 spiro atoms. The van der Waals surface area contributed by atoms with Crippen LogP contribution < -0.4 is 4.72 Å². The van der Waals surface area contributed by atoms with E-state index in [0.717, 1.165) is 6.26 Å². The lowest BCUT2D eigenvalue weighted by molar-refractivity contribution is -0.141. The summed E-state index contributed by atoms with van der Waals surface area (Å²) in [6.07, 6.45) is 0.921. The second-order valence-electron chi connectivity index (χ2n) is 3.58. The number of hydrogen-bond acceptors (Lipinski definition) is 5. The maximum absolute atomic E-state index is 11.2. The number of carboxylic acids is 1. The van der Waals surface area contributed by atoms with Crippen molar-refractivity contribution in [2.24, 2.45) is 5.92 Å². The van der Waals surface area contributed by atoms with Crippen LogP contribution in [0.2, 0.25) is 0 Å². The fourth-order valence-electron chi connectivity index (χ4n) is 0.878. The standard InChI is InChI=1S/C7H15NO6S2/c1-6(7(9)10)3-4-8-16(13,14)5-15(2,11)12/h6,8H,3-5H2,1-2H3,(H,9,10). The third-order valence-corrected chi connectivity index (χ3v) is 5.29. The first kappa shape index (κ1) is 15.3. The van der Waals surface area contributed by atoms with Gasteiger partial charge in [0.2, 0.25) is 10.0 Å². The van der Waals surface area contributed by atoms with Crippen LogP contribution in [-0.2, 0) is 24.7 Å². The molecule has 0 aromatic rings. The van der Waals surface area contributed by atoms with E-state index in [2.05, 4.69) is 0 Å². The van der Waals surface area contributed by atoms with Crippen LogP contribution in [0.15, 0.2) is 0 Å². The summed E-state index contributed by atoms with van der Waals surface area (Å²) in [4.78, 5) is 10.4. The van der Waals surface area contributed by atoms with E-state index in [1.807, 2.05) is 4.72 Å². The van der Waals surface area contributed by atoms with Crippen LogP contribution in [0.4, 0.5) is 0 Å². The van der Waals surface area contributed by atoms with Crippen molar-refractivity contribution >= 4 is 25.8 Å². The topological polar surface area (TPSA) is 118 Å². The Labute approximate surface area is 94.8 Å². The predicted molar refractivity (Wildman–Crippen MR) is 58.1 cm³/mol. The molecule has 0 aromatic carbocycles. The number of sulfonamides is 1.